The molecule has 7 nitrogen and oxygen atoms in total. The van der Waals surface area contributed by atoms with Crippen LogP contribution in [0.25, 0.3) is 0 Å². The van der Waals surface area contributed by atoms with Crippen LogP contribution in [0.15, 0.2) is 0 Å². The number of carbonyl (C=O) groups excluding carboxylic acids is 1. The molecule has 19 heavy (non-hydrogen) atoms. The zero-order chi connectivity index (χ0) is 14.3. The number of amides is 2. The van der Waals surface area contributed by atoms with Crippen LogP contribution >= 0.6 is 0 Å². The predicted octanol–water partition coefficient (Wildman–Crippen LogP) is 0.297. The van der Waals surface area contributed by atoms with E-state index in [9.17, 15) is 9.59 Å². The highest BCUT2D eigenvalue weighted by atomic mass is 16.5. The van der Waals surface area contributed by atoms with E-state index < -0.39 is 12.0 Å². The fourth-order valence-electron chi connectivity index (χ4n) is 1.91. The normalized spacial score (nSPS) is 21.6. The average molecular weight is 274 g/mol. The van der Waals surface area contributed by atoms with Gasteiger partial charge in [-0.05, 0) is 13.3 Å². The summed E-state index contributed by atoms with van der Waals surface area (Å²) in [7, 11) is 1.49. The summed E-state index contributed by atoms with van der Waals surface area (Å²) in [5.74, 6) is -1.05. The fraction of sp³-hybridized carbons (Fsp3) is 0.833. The largest absolute Gasteiger partial charge is 0.480 e. The van der Waals surface area contributed by atoms with Crippen LogP contribution in [0, 0.1) is 0 Å². The number of aliphatic carboxylic acids is 1. The number of hydrogen-bond acceptors (Lipinski definition) is 4. The quantitative estimate of drug-likeness (QED) is 0.752. The summed E-state index contributed by atoms with van der Waals surface area (Å²) in [6, 6.07) is -1.28. The lowest BCUT2D eigenvalue weighted by atomic mass is 10.2. The summed E-state index contributed by atoms with van der Waals surface area (Å²) >= 11 is 0. The fourth-order valence-corrected chi connectivity index (χ4v) is 1.91. The maximum atomic E-state index is 12.0. The Morgan fingerprint density at radius 1 is 1.58 bits per heavy atom. The van der Waals surface area contributed by atoms with Gasteiger partial charge in [0.1, 0.15) is 6.04 Å². The van der Waals surface area contributed by atoms with Crippen molar-refractivity contribution >= 4 is 12.0 Å². The van der Waals surface area contributed by atoms with Crippen molar-refractivity contribution in [1.82, 2.24) is 10.2 Å². The molecular weight excluding hydrogens is 252 g/mol. The van der Waals surface area contributed by atoms with Crippen LogP contribution in [-0.4, -0.2) is 67.6 Å². The smallest absolute Gasteiger partial charge is 0.326 e. The minimum absolute atomic E-state index is 0.0319. The minimum Gasteiger partial charge on any atom is -0.480 e. The highest BCUT2D eigenvalue weighted by Crippen LogP contribution is 2.06. The topological polar surface area (TPSA) is 88.1 Å². The van der Waals surface area contributed by atoms with E-state index in [1.165, 1.54) is 7.11 Å². The zero-order valence-corrected chi connectivity index (χ0v) is 11.4. The van der Waals surface area contributed by atoms with E-state index in [2.05, 4.69) is 5.32 Å². The van der Waals surface area contributed by atoms with Crippen LogP contribution in [-0.2, 0) is 14.3 Å². The second kappa shape index (κ2) is 7.96. The van der Waals surface area contributed by atoms with E-state index in [0.717, 1.165) is 6.42 Å². The first kappa shape index (κ1) is 15.7. The molecule has 1 aliphatic heterocycles. The third kappa shape index (κ3) is 5.44. The highest BCUT2D eigenvalue weighted by Gasteiger charge is 2.25. The number of methoxy groups -OCH3 is 1. The summed E-state index contributed by atoms with van der Waals surface area (Å²) in [6.45, 7) is 3.86. The number of hydrogen-bond donors (Lipinski definition) is 2. The first-order valence-electron chi connectivity index (χ1n) is 6.43. The number of urea groups is 1. The summed E-state index contributed by atoms with van der Waals surface area (Å²) in [4.78, 5) is 24.7. The highest BCUT2D eigenvalue weighted by molar-refractivity contribution is 5.82. The van der Waals surface area contributed by atoms with Gasteiger partial charge in [-0.25, -0.2) is 9.59 Å². The van der Waals surface area contributed by atoms with Gasteiger partial charge in [-0.1, -0.05) is 0 Å². The van der Waals surface area contributed by atoms with Crippen molar-refractivity contribution in [2.45, 2.75) is 31.9 Å². The van der Waals surface area contributed by atoms with Crippen molar-refractivity contribution in [3.8, 4) is 0 Å². The maximum Gasteiger partial charge on any atom is 0.326 e. The van der Waals surface area contributed by atoms with Crippen molar-refractivity contribution in [2.24, 2.45) is 0 Å². The molecule has 1 heterocycles. The van der Waals surface area contributed by atoms with Gasteiger partial charge >= 0.3 is 12.0 Å². The van der Waals surface area contributed by atoms with Crippen molar-refractivity contribution in [2.75, 3.05) is 33.4 Å². The maximum absolute atomic E-state index is 12.0. The molecule has 1 fully saturated rings. The Hall–Kier alpha value is -1.34. The SMILES string of the molecule is COCCC(NC(=O)N1CCCOC(C)C1)C(=O)O. The Kier molecular flexibility index (Phi) is 6.58. The van der Waals surface area contributed by atoms with Gasteiger partial charge in [-0.3, -0.25) is 0 Å². The van der Waals surface area contributed by atoms with Crippen molar-refractivity contribution in [3.05, 3.63) is 0 Å². The van der Waals surface area contributed by atoms with E-state index in [1.807, 2.05) is 6.92 Å². The summed E-state index contributed by atoms with van der Waals surface area (Å²) in [6.07, 6.45) is 0.973. The molecule has 2 atom stereocenters. The lowest BCUT2D eigenvalue weighted by Crippen LogP contribution is -2.49. The van der Waals surface area contributed by atoms with Gasteiger partial charge in [0.2, 0.25) is 0 Å². The van der Waals surface area contributed by atoms with Gasteiger partial charge in [0.25, 0.3) is 0 Å². The number of carboxylic acids is 1. The molecule has 2 N–H and O–H groups in total. The monoisotopic (exact) mass is 274 g/mol. The Morgan fingerprint density at radius 2 is 2.32 bits per heavy atom. The number of rotatable bonds is 5. The molecule has 110 valence electrons. The number of ether oxygens (including phenoxy) is 2. The second-order valence-electron chi connectivity index (χ2n) is 4.60. The average Bonchev–Trinajstić information content (AvgIpc) is 2.58. The predicted molar refractivity (Wildman–Crippen MR) is 68.1 cm³/mol. The van der Waals surface area contributed by atoms with Gasteiger partial charge in [0.05, 0.1) is 6.10 Å². The zero-order valence-electron chi connectivity index (χ0n) is 11.4. The first-order chi connectivity index (χ1) is 9.04. The molecule has 0 saturated carbocycles. The second-order valence-corrected chi connectivity index (χ2v) is 4.60. The molecule has 2 amide bonds. The Morgan fingerprint density at radius 3 is 2.95 bits per heavy atom. The Labute approximate surface area is 112 Å². The van der Waals surface area contributed by atoms with Crippen molar-refractivity contribution in [1.29, 1.82) is 0 Å². The third-order valence-electron chi connectivity index (χ3n) is 2.95. The lowest BCUT2D eigenvalue weighted by molar-refractivity contribution is -0.139. The van der Waals surface area contributed by atoms with Gasteiger partial charge in [-0.15, -0.1) is 0 Å². The van der Waals surface area contributed by atoms with Crippen molar-refractivity contribution in [3.63, 3.8) is 0 Å². The summed E-state index contributed by atoms with van der Waals surface area (Å²) in [5.41, 5.74) is 0. The number of nitrogens with zero attached hydrogens (tertiary/aromatic N) is 1. The molecule has 2 unspecified atom stereocenters. The molecular formula is C12H22N2O5. The van der Waals surface area contributed by atoms with Crippen molar-refractivity contribution < 1.29 is 24.2 Å². The molecule has 0 aliphatic carbocycles. The Bertz CT molecular complexity index is 310. The van der Waals surface area contributed by atoms with Crippen LogP contribution in [0.2, 0.25) is 0 Å². The van der Waals surface area contributed by atoms with Crippen LogP contribution in [0.3, 0.4) is 0 Å². The number of nitrogens with one attached hydrogen (secondary N) is 1. The van der Waals surface area contributed by atoms with E-state index in [0.29, 0.717) is 19.7 Å². The summed E-state index contributed by atoms with van der Waals surface area (Å²) < 4.78 is 10.3. The molecule has 0 aromatic heterocycles. The van der Waals surface area contributed by atoms with E-state index in [-0.39, 0.29) is 25.2 Å². The summed E-state index contributed by atoms with van der Waals surface area (Å²) in [5, 5.41) is 11.6. The molecule has 1 aliphatic rings. The van der Waals surface area contributed by atoms with E-state index in [4.69, 9.17) is 14.6 Å². The first-order valence-corrected chi connectivity index (χ1v) is 6.43. The minimum atomic E-state index is -1.05. The molecule has 0 bridgehead atoms. The van der Waals surface area contributed by atoms with E-state index in [1.54, 1.807) is 4.90 Å². The van der Waals surface area contributed by atoms with Crippen LogP contribution in [0.1, 0.15) is 19.8 Å². The number of carboxylic acid groups (broad SMARTS) is 1. The molecule has 1 saturated heterocycles. The molecule has 0 aromatic rings. The number of carbonyl (C=O) groups is 2. The molecule has 0 spiro atoms. The van der Waals surface area contributed by atoms with Gasteiger partial charge in [-0.2, -0.15) is 0 Å². The van der Waals surface area contributed by atoms with Crippen LogP contribution < -0.4 is 5.32 Å². The van der Waals surface area contributed by atoms with Crippen LogP contribution in [0.5, 0.6) is 0 Å². The Balaban J connectivity index is 2.52. The molecule has 1 rings (SSSR count). The van der Waals surface area contributed by atoms with Gasteiger partial charge in [0, 0.05) is 39.8 Å². The molecule has 7 heteroatoms. The molecule has 0 radical (unpaired) electrons. The van der Waals surface area contributed by atoms with Crippen LogP contribution in [0.4, 0.5) is 4.79 Å². The molecule has 0 aromatic carbocycles. The third-order valence-corrected chi connectivity index (χ3v) is 2.95. The lowest BCUT2D eigenvalue weighted by Gasteiger charge is -2.24. The standard InChI is InChI=1S/C12H22N2O5/c1-9-8-14(5-3-6-19-9)12(17)13-10(11(15)16)4-7-18-2/h9-10H,3-8H2,1-2H3,(H,13,17)(H,15,16). The van der Waals surface area contributed by atoms with Gasteiger partial charge < -0.3 is 24.8 Å². The van der Waals surface area contributed by atoms with E-state index >= 15 is 0 Å². The van der Waals surface area contributed by atoms with Gasteiger partial charge in [0.15, 0.2) is 0 Å².